The molecule has 5 nitrogen and oxygen atoms in total. The molecule has 0 spiro atoms. The van der Waals surface area contributed by atoms with Crippen molar-refractivity contribution in [2.45, 2.75) is 0 Å². The van der Waals surface area contributed by atoms with E-state index in [-0.39, 0.29) is 5.69 Å². The summed E-state index contributed by atoms with van der Waals surface area (Å²) in [5.41, 5.74) is 7.19. The molecule has 25 heavy (non-hydrogen) atoms. The number of fused-ring (bicyclic) bond motifs is 1. The van der Waals surface area contributed by atoms with E-state index < -0.39 is 5.91 Å². The van der Waals surface area contributed by atoms with Crippen LogP contribution in [0.25, 0.3) is 32.9 Å². The molecule has 2 heterocycles. The molecule has 0 fully saturated rings. The zero-order valence-corrected chi connectivity index (χ0v) is 14.2. The van der Waals surface area contributed by atoms with Gasteiger partial charge in [-0.1, -0.05) is 18.2 Å². The Balaban J connectivity index is 1.87. The summed E-state index contributed by atoms with van der Waals surface area (Å²) in [6, 6.07) is 15.2. The van der Waals surface area contributed by atoms with Crippen LogP contribution >= 0.6 is 11.3 Å². The second-order valence-corrected chi connectivity index (χ2v) is 6.35. The van der Waals surface area contributed by atoms with Crippen molar-refractivity contribution in [1.29, 1.82) is 0 Å². The molecule has 0 atom stereocenters. The van der Waals surface area contributed by atoms with Crippen LogP contribution in [-0.4, -0.2) is 18.0 Å². The van der Waals surface area contributed by atoms with Gasteiger partial charge in [-0.2, -0.15) is 0 Å². The molecule has 0 saturated carbocycles. The summed E-state index contributed by atoms with van der Waals surface area (Å²) < 4.78 is 12.2. The summed E-state index contributed by atoms with van der Waals surface area (Å²) >= 11 is 1.60. The topological polar surface area (TPSA) is 78.3 Å². The van der Waals surface area contributed by atoms with Gasteiger partial charge in [-0.05, 0) is 30.3 Å². The molecule has 0 radical (unpaired) electrons. The summed E-state index contributed by atoms with van der Waals surface area (Å²) in [5.74, 6) is 0.839. The molecule has 4 aromatic rings. The highest BCUT2D eigenvalue weighted by Crippen LogP contribution is 2.36. The highest BCUT2D eigenvalue weighted by molar-refractivity contribution is 7.17. The lowest BCUT2D eigenvalue weighted by Gasteiger charge is -2.01. The van der Waals surface area contributed by atoms with E-state index in [1.807, 2.05) is 29.6 Å². The number of carbonyl (C=O) groups excluding carboxylic acids is 1. The first kappa shape index (κ1) is 15.4. The van der Waals surface area contributed by atoms with E-state index in [9.17, 15) is 4.79 Å². The number of amides is 1. The number of thiophene rings is 1. The fourth-order valence-electron chi connectivity index (χ4n) is 2.68. The molecule has 6 heteroatoms. The largest absolute Gasteiger partial charge is 0.497 e. The summed E-state index contributed by atoms with van der Waals surface area (Å²) in [4.78, 5) is 16.2. The van der Waals surface area contributed by atoms with Gasteiger partial charge in [0.2, 0.25) is 5.89 Å². The summed E-state index contributed by atoms with van der Waals surface area (Å²) in [6.45, 7) is 0. The Morgan fingerprint density at radius 1 is 1.16 bits per heavy atom. The van der Waals surface area contributed by atoms with Gasteiger partial charge in [-0.15, -0.1) is 11.3 Å². The van der Waals surface area contributed by atoms with Crippen molar-refractivity contribution in [1.82, 2.24) is 4.98 Å². The van der Waals surface area contributed by atoms with Gasteiger partial charge in [0.15, 0.2) is 11.5 Å². The minimum absolute atomic E-state index is 0.121. The number of oxazole rings is 1. The Hall–Kier alpha value is -3.12. The van der Waals surface area contributed by atoms with Crippen molar-refractivity contribution in [3.8, 4) is 28.5 Å². The van der Waals surface area contributed by atoms with Crippen LogP contribution in [0.15, 0.2) is 58.3 Å². The van der Waals surface area contributed by atoms with Crippen LogP contribution in [0.5, 0.6) is 5.75 Å². The van der Waals surface area contributed by atoms with Crippen molar-refractivity contribution >= 4 is 27.3 Å². The maximum Gasteiger partial charge on any atom is 0.271 e. The lowest BCUT2D eigenvalue weighted by Crippen LogP contribution is -2.12. The first-order valence-electron chi connectivity index (χ1n) is 7.59. The Kier molecular flexibility index (Phi) is 3.74. The second-order valence-electron chi connectivity index (χ2n) is 5.44. The second kappa shape index (κ2) is 6.07. The predicted molar refractivity (Wildman–Crippen MR) is 97.8 cm³/mol. The van der Waals surface area contributed by atoms with Crippen LogP contribution in [0.2, 0.25) is 0 Å². The molecule has 0 unspecified atom stereocenters. The number of hydrogen-bond donors (Lipinski definition) is 1. The van der Waals surface area contributed by atoms with Gasteiger partial charge in [0.05, 0.1) is 12.7 Å². The highest BCUT2D eigenvalue weighted by atomic mass is 32.1. The van der Waals surface area contributed by atoms with Crippen molar-refractivity contribution in [2.75, 3.05) is 7.11 Å². The minimum Gasteiger partial charge on any atom is -0.497 e. The number of nitrogens with two attached hydrogens (primary N) is 1. The molecule has 0 bridgehead atoms. The zero-order chi connectivity index (χ0) is 17.4. The summed E-state index contributed by atoms with van der Waals surface area (Å²) in [7, 11) is 1.60. The SMILES string of the molecule is COc1ccc(-c2oc(-c3csc4ccccc34)nc2C(N)=O)cc1. The van der Waals surface area contributed by atoms with Gasteiger partial charge in [0, 0.05) is 21.0 Å². The third-order valence-corrected chi connectivity index (χ3v) is 4.89. The fourth-order valence-corrected chi connectivity index (χ4v) is 3.62. The zero-order valence-electron chi connectivity index (χ0n) is 13.4. The van der Waals surface area contributed by atoms with Gasteiger partial charge in [0.1, 0.15) is 5.75 Å². The van der Waals surface area contributed by atoms with E-state index in [0.717, 1.165) is 15.6 Å². The van der Waals surface area contributed by atoms with E-state index >= 15 is 0 Å². The third-order valence-electron chi connectivity index (χ3n) is 3.92. The molecule has 0 aliphatic rings. The number of carbonyl (C=O) groups is 1. The number of methoxy groups -OCH3 is 1. The van der Waals surface area contributed by atoms with Gasteiger partial charge in [0.25, 0.3) is 5.91 Å². The monoisotopic (exact) mass is 350 g/mol. The quantitative estimate of drug-likeness (QED) is 0.594. The standard InChI is InChI=1S/C19H14N2O3S/c1-23-12-8-6-11(7-9-12)17-16(18(20)22)21-19(24-17)14-10-25-15-5-3-2-4-13(14)15/h2-10H,1H3,(H2,20,22). The Bertz CT molecular complexity index is 1060. The lowest BCUT2D eigenvalue weighted by molar-refractivity contribution is 0.0996. The lowest BCUT2D eigenvalue weighted by atomic mass is 10.1. The Labute approximate surface area is 147 Å². The predicted octanol–water partition coefficient (Wildman–Crippen LogP) is 4.33. The summed E-state index contributed by atoms with van der Waals surface area (Å²) in [6.07, 6.45) is 0. The molecular formula is C19H14N2O3S. The van der Waals surface area contributed by atoms with Crippen molar-refractivity contribution in [3.05, 3.63) is 59.6 Å². The van der Waals surface area contributed by atoms with E-state index in [1.165, 1.54) is 0 Å². The minimum atomic E-state index is -0.625. The maximum absolute atomic E-state index is 11.8. The molecule has 1 amide bonds. The van der Waals surface area contributed by atoms with Crippen molar-refractivity contribution in [2.24, 2.45) is 5.73 Å². The third kappa shape index (κ3) is 2.66. The normalized spacial score (nSPS) is 10.9. The van der Waals surface area contributed by atoms with Crippen LogP contribution in [0.1, 0.15) is 10.5 Å². The van der Waals surface area contributed by atoms with Gasteiger partial charge < -0.3 is 14.9 Å². The number of nitrogens with zero attached hydrogens (tertiary/aromatic N) is 1. The van der Waals surface area contributed by atoms with Crippen LogP contribution in [0.4, 0.5) is 0 Å². The molecule has 0 aliphatic carbocycles. The molecule has 2 aromatic carbocycles. The van der Waals surface area contributed by atoms with Gasteiger partial charge in [-0.3, -0.25) is 4.79 Å². The summed E-state index contributed by atoms with van der Waals surface area (Å²) in [5, 5.41) is 3.00. The number of hydrogen-bond acceptors (Lipinski definition) is 5. The number of ether oxygens (including phenoxy) is 1. The van der Waals surface area contributed by atoms with E-state index in [0.29, 0.717) is 23.0 Å². The molecule has 2 N–H and O–H groups in total. The van der Waals surface area contributed by atoms with Crippen LogP contribution in [0, 0.1) is 0 Å². The number of primary amides is 1. The number of rotatable bonds is 4. The molecule has 124 valence electrons. The first-order chi connectivity index (χ1) is 12.2. The Morgan fingerprint density at radius 2 is 1.92 bits per heavy atom. The van der Waals surface area contributed by atoms with Crippen LogP contribution in [0.3, 0.4) is 0 Å². The maximum atomic E-state index is 11.8. The van der Waals surface area contributed by atoms with Crippen LogP contribution < -0.4 is 10.5 Å². The highest BCUT2D eigenvalue weighted by Gasteiger charge is 2.22. The van der Waals surface area contributed by atoms with Crippen molar-refractivity contribution in [3.63, 3.8) is 0 Å². The molecule has 0 aliphatic heterocycles. The van der Waals surface area contributed by atoms with Crippen LogP contribution in [-0.2, 0) is 0 Å². The molecule has 0 saturated heterocycles. The average molecular weight is 350 g/mol. The van der Waals surface area contributed by atoms with E-state index in [1.54, 1.807) is 42.7 Å². The number of aromatic nitrogens is 1. The smallest absolute Gasteiger partial charge is 0.271 e. The van der Waals surface area contributed by atoms with E-state index in [2.05, 4.69) is 4.98 Å². The number of benzene rings is 2. The first-order valence-corrected chi connectivity index (χ1v) is 8.47. The fraction of sp³-hybridized carbons (Fsp3) is 0.0526. The molecule has 4 rings (SSSR count). The molecule has 2 aromatic heterocycles. The van der Waals surface area contributed by atoms with Gasteiger partial charge in [-0.25, -0.2) is 4.98 Å². The Morgan fingerprint density at radius 3 is 2.64 bits per heavy atom. The van der Waals surface area contributed by atoms with Crippen molar-refractivity contribution < 1.29 is 13.9 Å². The molecular weight excluding hydrogens is 336 g/mol. The average Bonchev–Trinajstić information content (AvgIpc) is 3.26. The van der Waals surface area contributed by atoms with E-state index in [4.69, 9.17) is 14.9 Å². The van der Waals surface area contributed by atoms with Gasteiger partial charge >= 0.3 is 0 Å².